The fraction of sp³-hybridized carbons (Fsp3) is 0.300. The number of nitrogens with zero attached hydrogens (tertiary/aromatic N) is 1. The number of rotatable bonds is 4. The van der Waals surface area contributed by atoms with Crippen molar-refractivity contribution >= 4 is 6.29 Å². The molecule has 0 aliphatic carbocycles. The van der Waals surface area contributed by atoms with E-state index in [1.54, 1.807) is 6.29 Å². The van der Waals surface area contributed by atoms with Gasteiger partial charge in [0.05, 0.1) is 0 Å². The molecule has 0 saturated heterocycles. The average Bonchev–Trinajstić information content (AvgIpc) is 2.19. The summed E-state index contributed by atoms with van der Waals surface area (Å²) in [7, 11) is 0. The van der Waals surface area contributed by atoms with Crippen LogP contribution in [-0.4, -0.2) is 11.8 Å². The Morgan fingerprint density at radius 3 is 2.46 bits per heavy atom. The number of carbonyl (C=O) groups excluding carboxylic acids is 1. The molecule has 0 aliphatic heterocycles. The predicted molar refractivity (Wildman–Crippen MR) is 50.0 cm³/mol. The Morgan fingerprint density at radius 1 is 1.38 bits per heavy atom. The summed E-state index contributed by atoms with van der Waals surface area (Å²) in [6.07, 6.45) is 1.95. The smallest absolute Gasteiger partial charge is 0.232 e. The van der Waals surface area contributed by atoms with Gasteiger partial charge in [0, 0.05) is 6.42 Å². The lowest BCUT2D eigenvalue weighted by atomic mass is 9.96. The van der Waals surface area contributed by atoms with E-state index >= 15 is 0 Å². The highest BCUT2D eigenvalue weighted by Crippen LogP contribution is 2.14. The van der Waals surface area contributed by atoms with Gasteiger partial charge >= 0.3 is 0 Å². The van der Waals surface area contributed by atoms with Gasteiger partial charge in [-0.05, 0) is 12.5 Å². The first-order chi connectivity index (χ1) is 6.20. The van der Waals surface area contributed by atoms with Crippen molar-refractivity contribution in [1.29, 1.82) is 0 Å². The van der Waals surface area contributed by atoms with Gasteiger partial charge in [-0.15, -0.1) is 4.91 Å². The van der Waals surface area contributed by atoms with Gasteiger partial charge in [-0.25, -0.2) is 0 Å². The van der Waals surface area contributed by atoms with Crippen molar-refractivity contribution in [3.63, 3.8) is 0 Å². The van der Waals surface area contributed by atoms with Gasteiger partial charge in [0.1, 0.15) is 0 Å². The summed E-state index contributed by atoms with van der Waals surface area (Å²) >= 11 is 0. The van der Waals surface area contributed by atoms with E-state index in [2.05, 4.69) is 5.18 Å². The van der Waals surface area contributed by atoms with Crippen LogP contribution in [0.4, 0.5) is 0 Å². The molecule has 0 heterocycles. The maximum Gasteiger partial charge on any atom is 0.232 e. The van der Waals surface area contributed by atoms with Gasteiger partial charge in [-0.1, -0.05) is 35.5 Å². The highest BCUT2D eigenvalue weighted by molar-refractivity contribution is 5.65. The van der Waals surface area contributed by atoms with Crippen LogP contribution in [-0.2, 0) is 11.2 Å². The second-order valence-corrected chi connectivity index (χ2v) is 3.13. The van der Waals surface area contributed by atoms with Gasteiger partial charge in [0.25, 0.3) is 0 Å². The fourth-order valence-corrected chi connectivity index (χ4v) is 1.08. The number of nitroso groups, excluding NO2 is 1. The van der Waals surface area contributed by atoms with Crippen molar-refractivity contribution in [2.45, 2.75) is 18.9 Å². The van der Waals surface area contributed by atoms with E-state index in [9.17, 15) is 9.70 Å². The van der Waals surface area contributed by atoms with Crippen LogP contribution < -0.4 is 0 Å². The first-order valence-electron chi connectivity index (χ1n) is 3.98. The third-order valence-electron chi connectivity index (χ3n) is 1.81. The van der Waals surface area contributed by atoms with E-state index < -0.39 is 5.54 Å². The topological polar surface area (TPSA) is 46.5 Å². The molecule has 0 fully saturated rings. The lowest BCUT2D eigenvalue weighted by molar-refractivity contribution is 0.498. The SMILES string of the molecule is C[C@]([C]=O)(Cc1ccccc1)N=O. The second kappa shape index (κ2) is 3.94. The van der Waals surface area contributed by atoms with Crippen LogP contribution in [0.1, 0.15) is 12.5 Å². The van der Waals surface area contributed by atoms with Crippen molar-refractivity contribution in [3.05, 3.63) is 40.8 Å². The zero-order valence-electron chi connectivity index (χ0n) is 7.36. The molecule has 1 atom stereocenters. The summed E-state index contributed by atoms with van der Waals surface area (Å²) in [5, 5.41) is 2.76. The zero-order valence-corrected chi connectivity index (χ0v) is 7.36. The van der Waals surface area contributed by atoms with Crippen LogP contribution in [0.2, 0.25) is 0 Å². The summed E-state index contributed by atoms with van der Waals surface area (Å²) in [5.74, 6) is 0. The molecule has 0 unspecified atom stereocenters. The van der Waals surface area contributed by atoms with Crippen LogP contribution in [0.5, 0.6) is 0 Å². The van der Waals surface area contributed by atoms with Gasteiger partial charge in [0.15, 0.2) is 5.54 Å². The minimum Gasteiger partial charge on any atom is -0.288 e. The number of hydrogen-bond donors (Lipinski definition) is 0. The monoisotopic (exact) mass is 176 g/mol. The first-order valence-corrected chi connectivity index (χ1v) is 3.98. The van der Waals surface area contributed by atoms with Crippen LogP contribution in [0.25, 0.3) is 0 Å². The van der Waals surface area contributed by atoms with Crippen molar-refractivity contribution < 1.29 is 4.79 Å². The molecule has 0 aliphatic rings. The third kappa shape index (κ3) is 2.47. The molecule has 1 radical (unpaired) electrons. The minimum absolute atomic E-state index is 0.306. The number of hydrogen-bond acceptors (Lipinski definition) is 3. The highest BCUT2D eigenvalue weighted by Gasteiger charge is 2.26. The van der Waals surface area contributed by atoms with E-state index in [-0.39, 0.29) is 0 Å². The van der Waals surface area contributed by atoms with Crippen molar-refractivity contribution in [1.82, 2.24) is 0 Å². The molecule has 1 aromatic rings. The maximum absolute atomic E-state index is 10.4. The van der Waals surface area contributed by atoms with E-state index in [1.165, 1.54) is 6.92 Å². The predicted octanol–water partition coefficient (Wildman–Crippen LogP) is 1.86. The Labute approximate surface area is 76.7 Å². The summed E-state index contributed by atoms with van der Waals surface area (Å²) < 4.78 is 0. The third-order valence-corrected chi connectivity index (χ3v) is 1.81. The molecule has 0 aromatic heterocycles. The van der Waals surface area contributed by atoms with E-state index in [0.717, 1.165) is 5.56 Å². The van der Waals surface area contributed by atoms with Crippen molar-refractivity contribution in [2.24, 2.45) is 5.18 Å². The van der Waals surface area contributed by atoms with Gasteiger partial charge in [-0.2, -0.15) is 0 Å². The lowest BCUT2D eigenvalue weighted by Gasteiger charge is -2.11. The van der Waals surface area contributed by atoms with Crippen LogP contribution >= 0.6 is 0 Å². The molecule has 13 heavy (non-hydrogen) atoms. The molecule has 0 bridgehead atoms. The quantitative estimate of drug-likeness (QED) is 0.657. The average molecular weight is 176 g/mol. The summed E-state index contributed by atoms with van der Waals surface area (Å²) in [4.78, 5) is 20.8. The fourth-order valence-electron chi connectivity index (χ4n) is 1.08. The molecule has 0 spiro atoms. The Hall–Kier alpha value is -1.51. The Balaban J connectivity index is 2.79. The lowest BCUT2D eigenvalue weighted by Crippen LogP contribution is -2.26. The Bertz CT molecular complexity index is 287. The Morgan fingerprint density at radius 2 is 2.00 bits per heavy atom. The molecule has 3 nitrogen and oxygen atoms in total. The van der Waals surface area contributed by atoms with Crippen molar-refractivity contribution in [2.75, 3.05) is 0 Å². The molecular weight excluding hydrogens is 166 g/mol. The maximum atomic E-state index is 10.4. The van der Waals surface area contributed by atoms with E-state index in [1.807, 2.05) is 30.3 Å². The van der Waals surface area contributed by atoms with Gasteiger partial charge in [-0.3, -0.25) is 4.79 Å². The van der Waals surface area contributed by atoms with Crippen LogP contribution in [0.15, 0.2) is 35.5 Å². The van der Waals surface area contributed by atoms with Crippen LogP contribution in [0.3, 0.4) is 0 Å². The second-order valence-electron chi connectivity index (χ2n) is 3.13. The number of benzene rings is 1. The van der Waals surface area contributed by atoms with Crippen LogP contribution in [0, 0.1) is 4.91 Å². The van der Waals surface area contributed by atoms with Gasteiger partial charge < -0.3 is 0 Å². The highest BCUT2D eigenvalue weighted by atomic mass is 16.3. The van der Waals surface area contributed by atoms with Gasteiger partial charge in [0.2, 0.25) is 6.29 Å². The molecule has 67 valence electrons. The minimum atomic E-state index is -1.25. The molecule has 3 heteroatoms. The normalized spacial score (nSPS) is 14.5. The zero-order chi connectivity index (χ0) is 9.73. The van der Waals surface area contributed by atoms with Crippen molar-refractivity contribution in [3.8, 4) is 0 Å². The van der Waals surface area contributed by atoms with E-state index in [0.29, 0.717) is 6.42 Å². The molecule has 1 rings (SSSR count). The molecule has 0 amide bonds. The molecule has 1 aromatic carbocycles. The molecular formula is C10H10NO2. The summed E-state index contributed by atoms with van der Waals surface area (Å²) in [6, 6.07) is 9.28. The standard InChI is InChI=1S/C10H10NO2/c1-10(8-12,11-13)7-9-5-3-2-4-6-9/h2-6H,7H2,1H3/t10-/m1/s1. The Kier molecular flexibility index (Phi) is 2.90. The summed E-state index contributed by atoms with van der Waals surface area (Å²) in [6.45, 7) is 1.47. The van der Waals surface area contributed by atoms with E-state index in [4.69, 9.17) is 0 Å². The largest absolute Gasteiger partial charge is 0.288 e. The molecule has 0 N–H and O–H groups in total. The molecule has 0 saturated carbocycles. The first kappa shape index (κ1) is 9.58. The summed E-state index contributed by atoms with van der Waals surface area (Å²) in [5.41, 5.74) is -0.339.